The maximum absolute atomic E-state index is 6.41. The number of nitrogens with zero attached hydrogens (tertiary/aromatic N) is 2. The van der Waals surface area contributed by atoms with Crippen LogP contribution in [0.4, 0.5) is 0 Å². The molecule has 0 spiro atoms. The lowest BCUT2D eigenvalue weighted by Crippen LogP contribution is -2.33. The van der Waals surface area contributed by atoms with Crippen LogP contribution in [-0.4, -0.2) is 35.6 Å². The van der Waals surface area contributed by atoms with Crippen molar-refractivity contribution < 1.29 is 4.74 Å². The van der Waals surface area contributed by atoms with E-state index in [2.05, 4.69) is 31.2 Å². The van der Waals surface area contributed by atoms with Crippen LogP contribution < -0.4 is 5.32 Å². The topological polar surface area (TPSA) is 39.1 Å². The molecule has 0 saturated heterocycles. The summed E-state index contributed by atoms with van der Waals surface area (Å²) >= 11 is 6.41. The summed E-state index contributed by atoms with van der Waals surface area (Å²) in [6, 6.07) is 0.390. The van der Waals surface area contributed by atoms with E-state index in [9.17, 15) is 0 Å². The maximum Gasteiger partial charge on any atom is 0.0847 e. The third-order valence-electron chi connectivity index (χ3n) is 3.53. The van der Waals surface area contributed by atoms with Gasteiger partial charge in [-0.1, -0.05) is 25.4 Å². The Bertz CT molecular complexity index is 406. The van der Waals surface area contributed by atoms with Crippen LogP contribution in [-0.2, 0) is 17.7 Å². The maximum atomic E-state index is 6.41. The summed E-state index contributed by atoms with van der Waals surface area (Å²) in [7, 11) is 0. The third kappa shape index (κ3) is 5.97. The van der Waals surface area contributed by atoms with Crippen molar-refractivity contribution in [3.05, 3.63) is 16.4 Å². The minimum absolute atomic E-state index is 0.390. The highest BCUT2D eigenvalue weighted by atomic mass is 35.5. The lowest BCUT2D eigenvalue weighted by Gasteiger charge is -2.19. The summed E-state index contributed by atoms with van der Waals surface area (Å²) < 4.78 is 7.65. The number of hydrogen-bond donors (Lipinski definition) is 1. The van der Waals surface area contributed by atoms with Gasteiger partial charge in [0.1, 0.15) is 0 Å². The highest BCUT2D eigenvalue weighted by molar-refractivity contribution is 6.31. The van der Waals surface area contributed by atoms with E-state index in [4.69, 9.17) is 16.3 Å². The number of ether oxygens (including phenoxy) is 1. The first-order chi connectivity index (χ1) is 10.1. The largest absolute Gasteiger partial charge is 0.381 e. The molecule has 1 unspecified atom stereocenters. The second kappa shape index (κ2) is 10.2. The fourth-order valence-electron chi connectivity index (χ4n) is 2.39. The van der Waals surface area contributed by atoms with Gasteiger partial charge < -0.3 is 10.1 Å². The second-order valence-corrected chi connectivity index (χ2v) is 5.80. The monoisotopic (exact) mass is 315 g/mol. The number of aromatic nitrogens is 2. The Morgan fingerprint density at radius 3 is 2.62 bits per heavy atom. The van der Waals surface area contributed by atoms with Crippen LogP contribution >= 0.6 is 11.6 Å². The Kier molecular flexibility index (Phi) is 8.97. The fraction of sp³-hybridized carbons (Fsp3) is 0.812. The van der Waals surface area contributed by atoms with Crippen molar-refractivity contribution in [2.45, 2.75) is 66.0 Å². The highest BCUT2D eigenvalue weighted by Crippen LogP contribution is 2.22. The molecule has 4 nitrogen and oxygen atoms in total. The van der Waals surface area contributed by atoms with Crippen molar-refractivity contribution in [1.29, 1.82) is 0 Å². The molecule has 0 amide bonds. The number of nitrogens with one attached hydrogen (secondary N) is 1. The van der Waals surface area contributed by atoms with Gasteiger partial charge in [-0.2, -0.15) is 5.10 Å². The molecule has 5 heteroatoms. The molecule has 0 aliphatic carbocycles. The summed E-state index contributed by atoms with van der Waals surface area (Å²) in [6.45, 7) is 11.9. The normalized spacial score (nSPS) is 12.8. The molecule has 21 heavy (non-hydrogen) atoms. The van der Waals surface area contributed by atoms with Gasteiger partial charge in [-0.15, -0.1) is 0 Å². The molecule has 0 bridgehead atoms. The van der Waals surface area contributed by atoms with Gasteiger partial charge in [-0.05, 0) is 39.7 Å². The summed E-state index contributed by atoms with van der Waals surface area (Å²) in [5, 5.41) is 8.91. The Morgan fingerprint density at radius 1 is 1.24 bits per heavy atom. The van der Waals surface area contributed by atoms with Gasteiger partial charge in [0.15, 0.2) is 0 Å². The molecule has 0 aromatic carbocycles. The van der Waals surface area contributed by atoms with Gasteiger partial charge in [0, 0.05) is 32.2 Å². The van der Waals surface area contributed by atoms with E-state index in [-0.39, 0.29) is 0 Å². The molecule has 0 fully saturated rings. The van der Waals surface area contributed by atoms with Gasteiger partial charge in [0.25, 0.3) is 0 Å². The molecule has 1 aromatic heterocycles. The Morgan fingerprint density at radius 2 is 2.00 bits per heavy atom. The zero-order chi connectivity index (χ0) is 15.7. The van der Waals surface area contributed by atoms with Crippen molar-refractivity contribution >= 4 is 11.6 Å². The van der Waals surface area contributed by atoms with E-state index in [1.807, 2.05) is 11.6 Å². The van der Waals surface area contributed by atoms with E-state index in [0.717, 1.165) is 68.4 Å². The van der Waals surface area contributed by atoms with Crippen molar-refractivity contribution in [2.75, 3.05) is 19.8 Å². The predicted octanol–water partition coefficient (Wildman–Crippen LogP) is 3.59. The summed E-state index contributed by atoms with van der Waals surface area (Å²) in [4.78, 5) is 0. The minimum Gasteiger partial charge on any atom is -0.381 e. The molecule has 1 aromatic rings. The van der Waals surface area contributed by atoms with Crippen molar-refractivity contribution in [2.24, 2.45) is 0 Å². The number of aryl methyl sites for hydroxylation is 2. The van der Waals surface area contributed by atoms with Crippen LogP contribution in [0.5, 0.6) is 0 Å². The summed E-state index contributed by atoms with van der Waals surface area (Å²) in [5.41, 5.74) is 2.06. The van der Waals surface area contributed by atoms with Crippen LogP contribution in [0.1, 0.15) is 51.4 Å². The molecule has 1 N–H and O–H groups in total. The number of hydrogen-bond acceptors (Lipinski definition) is 3. The Hall–Kier alpha value is -0.580. The van der Waals surface area contributed by atoms with E-state index in [1.54, 1.807) is 0 Å². The molecular weight excluding hydrogens is 286 g/mol. The van der Waals surface area contributed by atoms with E-state index >= 15 is 0 Å². The molecule has 122 valence electrons. The predicted molar refractivity (Wildman–Crippen MR) is 89.2 cm³/mol. The second-order valence-electron chi connectivity index (χ2n) is 5.42. The minimum atomic E-state index is 0.390. The van der Waals surface area contributed by atoms with Crippen LogP contribution in [0.3, 0.4) is 0 Å². The van der Waals surface area contributed by atoms with E-state index in [0.29, 0.717) is 6.04 Å². The van der Waals surface area contributed by atoms with Gasteiger partial charge in [0.05, 0.1) is 16.4 Å². The Balaban J connectivity index is 2.66. The average Bonchev–Trinajstić information content (AvgIpc) is 2.76. The number of halogens is 1. The first kappa shape index (κ1) is 18.5. The van der Waals surface area contributed by atoms with Gasteiger partial charge in [0.2, 0.25) is 0 Å². The van der Waals surface area contributed by atoms with Gasteiger partial charge >= 0.3 is 0 Å². The summed E-state index contributed by atoms with van der Waals surface area (Å²) in [5.74, 6) is 0. The lowest BCUT2D eigenvalue weighted by molar-refractivity contribution is 0.124. The highest BCUT2D eigenvalue weighted by Gasteiger charge is 2.17. The van der Waals surface area contributed by atoms with Crippen LogP contribution in [0, 0.1) is 6.92 Å². The van der Waals surface area contributed by atoms with Crippen molar-refractivity contribution in [1.82, 2.24) is 15.1 Å². The molecule has 1 atom stereocenters. The molecule has 0 aliphatic heterocycles. The number of rotatable bonds is 11. The zero-order valence-electron chi connectivity index (χ0n) is 13.9. The molecule has 1 heterocycles. The van der Waals surface area contributed by atoms with Gasteiger partial charge in [-0.25, -0.2) is 0 Å². The first-order valence-corrected chi connectivity index (χ1v) is 8.54. The molecule has 0 radical (unpaired) electrons. The van der Waals surface area contributed by atoms with Crippen molar-refractivity contribution in [3.63, 3.8) is 0 Å². The lowest BCUT2D eigenvalue weighted by atomic mass is 10.1. The van der Waals surface area contributed by atoms with Crippen LogP contribution in [0.2, 0.25) is 5.02 Å². The smallest absolute Gasteiger partial charge is 0.0847 e. The third-order valence-corrected chi connectivity index (χ3v) is 4.03. The standard InChI is InChI=1S/C16H30ClN3O/c1-5-9-18-14(8-11-21-10-6-2)12-15-16(17)13(4)19-20(15)7-3/h14,18H,5-12H2,1-4H3. The SMILES string of the molecule is CCCNC(CCOCCC)Cc1c(Cl)c(C)nn1CC. The Labute approximate surface area is 134 Å². The fourth-order valence-corrected chi connectivity index (χ4v) is 2.61. The molecule has 1 rings (SSSR count). The summed E-state index contributed by atoms with van der Waals surface area (Å²) in [6.07, 6.45) is 4.11. The molecule has 0 aliphatic rings. The van der Waals surface area contributed by atoms with E-state index in [1.165, 1.54) is 0 Å². The molecular formula is C16H30ClN3O. The first-order valence-electron chi connectivity index (χ1n) is 8.16. The zero-order valence-corrected chi connectivity index (χ0v) is 14.7. The quantitative estimate of drug-likeness (QED) is 0.634. The molecule has 0 saturated carbocycles. The van der Waals surface area contributed by atoms with Gasteiger partial charge in [-0.3, -0.25) is 4.68 Å². The average molecular weight is 316 g/mol. The van der Waals surface area contributed by atoms with Crippen molar-refractivity contribution in [3.8, 4) is 0 Å². The van der Waals surface area contributed by atoms with Crippen LogP contribution in [0.25, 0.3) is 0 Å². The van der Waals surface area contributed by atoms with Crippen LogP contribution in [0.15, 0.2) is 0 Å². The van der Waals surface area contributed by atoms with E-state index < -0.39 is 0 Å².